The van der Waals surface area contributed by atoms with Crippen LogP contribution in [0.3, 0.4) is 0 Å². The van der Waals surface area contributed by atoms with Crippen molar-refractivity contribution in [3.8, 4) is 11.3 Å². The molecule has 10 heteroatoms. The Labute approximate surface area is 219 Å². The number of aromatic nitrogens is 2. The number of nitrogens with zero attached hydrogens (tertiary/aromatic N) is 3. The predicted octanol–water partition coefficient (Wildman–Crippen LogP) is 4.24. The van der Waals surface area contributed by atoms with Crippen molar-refractivity contribution < 1.29 is 23.5 Å². The predicted molar refractivity (Wildman–Crippen MR) is 138 cm³/mol. The summed E-state index contributed by atoms with van der Waals surface area (Å²) in [5, 5.41) is 15.3. The highest BCUT2D eigenvalue weighted by atomic mass is 19.1. The van der Waals surface area contributed by atoms with Crippen LogP contribution in [0, 0.1) is 11.6 Å². The van der Waals surface area contributed by atoms with Gasteiger partial charge in [0.2, 0.25) is 0 Å². The van der Waals surface area contributed by atoms with Gasteiger partial charge < -0.3 is 25.2 Å². The molecule has 3 N–H and O–H groups in total. The van der Waals surface area contributed by atoms with E-state index in [-0.39, 0.29) is 29.7 Å². The molecule has 3 atom stereocenters. The van der Waals surface area contributed by atoms with Gasteiger partial charge in [-0.2, -0.15) is 0 Å². The summed E-state index contributed by atoms with van der Waals surface area (Å²) in [6.07, 6.45) is 4.20. The minimum absolute atomic E-state index is 0.182. The molecule has 200 valence electrons. The third-order valence-electron chi connectivity index (χ3n) is 7.44. The monoisotopic (exact) mass is 523 g/mol. The first-order chi connectivity index (χ1) is 18.4. The maximum Gasteiger partial charge on any atom is 0.404 e. The van der Waals surface area contributed by atoms with Gasteiger partial charge in [0.05, 0.1) is 24.1 Å². The Balaban J connectivity index is 1.51. The van der Waals surface area contributed by atoms with E-state index in [4.69, 9.17) is 0 Å². The third-order valence-corrected chi connectivity index (χ3v) is 7.44. The Kier molecular flexibility index (Phi) is 7.69. The standard InChI is InChI=1S/C28H31F2N5O3/c29-20-12-18(13-21(30)15-20)14-22-16-31-10-11-34(22)27(36)25-26(19-6-2-1-3-7-19)35(17-32-25)24-9-5-4-8-23(24)33-28(37)38/h1-3,6-7,12-13,15,17,22-24,31,33H,4-5,8-11,14,16H2,(H,37,38)/t22-,23+,24+/m1/s1. The zero-order valence-electron chi connectivity index (χ0n) is 20.9. The summed E-state index contributed by atoms with van der Waals surface area (Å²) in [6.45, 7) is 1.50. The molecule has 1 aromatic heterocycles. The smallest absolute Gasteiger partial charge is 0.404 e. The zero-order chi connectivity index (χ0) is 26.6. The number of benzene rings is 2. The van der Waals surface area contributed by atoms with Gasteiger partial charge in [-0.3, -0.25) is 4.79 Å². The largest absolute Gasteiger partial charge is 0.465 e. The van der Waals surface area contributed by atoms with Crippen molar-refractivity contribution in [3.05, 3.63) is 77.8 Å². The van der Waals surface area contributed by atoms with Crippen molar-refractivity contribution in [3.63, 3.8) is 0 Å². The average Bonchev–Trinajstić information content (AvgIpc) is 3.33. The normalized spacial score (nSPS) is 21.7. The van der Waals surface area contributed by atoms with E-state index in [1.165, 1.54) is 12.1 Å². The minimum atomic E-state index is -1.07. The maximum atomic E-state index is 14.0. The van der Waals surface area contributed by atoms with Crippen molar-refractivity contribution in [1.82, 2.24) is 25.1 Å². The minimum Gasteiger partial charge on any atom is -0.465 e. The van der Waals surface area contributed by atoms with Crippen LogP contribution >= 0.6 is 0 Å². The van der Waals surface area contributed by atoms with Gasteiger partial charge in [0.25, 0.3) is 5.91 Å². The summed E-state index contributed by atoms with van der Waals surface area (Å²) in [5.74, 6) is -1.56. The SMILES string of the molecule is O=C(O)N[C@H]1CCCC[C@@H]1n1cnc(C(=O)N2CCNC[C@H]2Cc2cc(F)cc(F)c2)c1-c1ccccc1. The van der Waals surface area contributed by atoms with Gasteiger partial charge in [0, 0.05) is 37.3 Å². The Morgan fingerprint density at radius 2 is 1.82 bits per heavy atom. The van der Waals surface area contributed by atoms with Crippen LogP contribution in [0.25, 0.3) is 11.3 Å². The highest BCUT2D eigenvalue weighted by Crippen LogP contribution is 2.35. The molecule has 2 heterocycles. The third kappa shape index (κ3) is 5.55. The number of nitrogens with one attached hydrogen (secondary N) is 2. The van der Waals surface area contributed by atoms with E-state index < -0.39 is 17.7 Å². The molecule has 0 unspecified atom stereocenters. The van der Waals surface area contributed by atoms with E-state index in [1.807, 2.05) is 34.9 Å². The number of hydrogen-bond acceptors (Lipinski definition) is 4. The summed E-state index contributed by atoms with van der Waals surface area (Å²) >= 11 is 0. The topological polar surface area (TPSA) is 99.5 Å². The lowest BCUT2D eigenvalue weighted by Gasteiger charge is -2.36. The molecular weight excluding hydrogens is 492 g/mol. The molecule has 1 saturated carbocycles. The van der Waals surface area contributed by atoms with E-state index in [9.17, 15) is 23.5 Å². The number of piperazine rings is 1. The Morgan fingerprint density at radius 1 is 1.08 bits per heavy atom. The summed E-state index contributed by atoms with van der Waals surface area (Å²) in [6, 6.07) is 12.1. The molecule has 0 spiro atoms. The molecule has 5 rings (SSSR count). The van der Waals surface area contributed by atoms with Gasteiger partial charge in [0.15, 0.2) is 5.69 Å². The molecule has 2 amide bonds. The zero-order valence-corrected chi connectivity index (χ0v) is 20.9. The van der Waals surface area contributed by atoms with Gasteiger partial charge >= 0.3 is 6.09 Å². The summed E-state index contributed by atoms with van der Waals surface area (Å²) in [4.78, 5) is 31.9. The van der Waals surface area contributed by atoms with Crippen LogP contribution in [0.4, 0.5) is 13.6 Å². The first kappa shape index (κ1) is 25.8. The first-order valence-corrected chi connectivity index (χ1v) is 13.0. The number of hydrogen-bond donors (Lipinski definition) is 3. The lowest BCUT2D eigenvalue weighted by Crippen LogP contribution is -2.54. The van der Waals surface area contributed by atoms with Gasteiger partial charge in [-0.25, -0.2) is 18.6 Å². The van der Waals surface area contributed by atoms with Crippen LogP contribution in [-0.2, 0) is 6.42 Å². The van der Waals surface area contributed by atoms with E-state index in [2.05, 4.69) is 15.6 Å². The first-order valence-electron chi connectivity index (χ1n) is 13.0. The average molecular weight is 524 g/mol. The summed E-state index contributed by atoms with van der Waals surface area (Å²) in [5.41, 5.74) is 2.22. The highest BCUT2D eigenvalue weighted by Gasteiger charge is 2.35. The van der Waals surface area contributed by atoms with E-state index >= 15 is 0 Å². The number of amides is 2. The fraction of sp³-hybridized carbons (Fsp3) is 0.393. The number of rotatable bonds is 6. The number of carbonyl (C=O) groups is 2. The molecule has 2 fully saturated rings. The summed E-state index contributed by atoms with van der Waals surface area (Å²) in [7, 11) is 0. The van der Waals surface area contributed by atoms with Crippen LogP contribution in [0.1, 0.15) is 47.8 Å². The van der Waals surface area contributed by atoms with E-state index in [0.717, 1.165) is 30.9 Å². The van der Waals surface area contributed by atoms with Crippen LogP contribution in [-0.4, -0.2) is 63.3 Å². The van der Waals surface area contributed by atoms with Crippen molar-refractivity contribution >= 4 is 12.0 Å². The number of imidazole rings is 1. The van der Waals surface area contributed by atoms with Crippen LogP contribution in [0.5, 0.6) is 0 Å². The molecule has 1 aliphatic carbocycles. The number of carbonyl (C=O) groups excluding carboxylic acids is 1. The van der Waals surface area contributed by atoms with Crippen molar-refractivity contribution in [1.29, 1.82) is 0 Å². The molecule has 3 aromatic rings. The lowest BCUT2D eigenvalue weighted by atomic mass is 9.89. The van der Waals surface area contributed by atoms with E-state index in [1.54, 1.807) is 11.2 Å². The lowest BCUT2D eigenvalue weighted by molar-refractivity contribution is 0.0631. The van der Waals surface area contributed by atoms with E-state index in [0.29, 0.717) is 43.7 Å². The van der Waals surface area contributed by atoms with Gasteiger partial charge in [-0.15, -0.1) is 0 Å². The molecule has 0 radical (unpaired) electrons. The molecule has 38 heavy (non-hydrogen) atoms. The van der Waals surface area contributed by atoms with Crippen LogP contribution in [0.15, 0.2) is 54.9 Å². The van der Waals surface area contributed by atoms with Crippen molar-refractivity contribution in [2.75, 3.05) is 19.6 Å². The Hall–Kier alpha value is -3.79. The second-order valence-electron chi connectivity index (χ2n) is 9.96. The fourth-order valence-corrected chi connectivity index (χ4v) is 5.77. The molecule has 2 aliphatic rings. The quantitative estimate of drug-likeness (QED) is 0.449. The van der Waals surface area contributed by atoms with Crippen molar-refractivity contribution in [2.45, 2.75) is 50.2 Å². The highest BCUT2D eigenvalue weighted by molar-refractivity contribution is 5.98. The van der Waals surface area contributed by atoms with Gasteiger partial charge in [-0.05, 0) is 37.0 Å². The molecule has 1 aliphatic heterocycles. The molecule has 1 saturated heterocycles. The van der Waals surface area contributed by atoms with Crippen molar-refractivity contribution in [2.24, 2.45) is 0 Å². The maximum absolute atomic E-state index is 14.0. The second kappa shape index (κ2) is 11.3. The number of carboxylic acid groups (broad SMARTS) is 1. The summed E-state index contributed by atoms with van der Waals surface area (Å²) < 4.78 is 29.6. The Bertz CT molecular complexity index is 1280. The number of halogens is 2. The fourth-order valence-electron chi connectivity index (χ4n) is 5.77. The van der Waals surface area contributed by atoms with Crippen LogP contribution < -0.4 is 10.6 Å². The second-order valence-corrected chi connectivity index (χ2v) is 9.96. The molecule has 0 bridgehead atoms. The Morgan fingerprint density at radius 3 is 2.55 bits per heavy atom. The molecular formula is C28H31F2N5O3. The van der Waals surface area contributed by atoms with Gasteiger partial charge in [0.1, 0.15) is 11.6 Å². The van der Waals surface area contributed by atoms with Crippen LogP contribution in [0.2, 0.25) is 0 Å². The molecule has 8 nitrogen and oxygen atoms in total. The molecule has 2 aromatic carbocycles. The van der Waals surface area contributed by atoms with Gasteiger partial charge in [-0.1, -0.05) is 43.2 Å².